The molecule has 1 N–H and O–H groups in total. The van der Waals surface area contributed by atoms with Gasteiger partial charge < -0.3 is 14.8 Å². The van der Waals surface area contributed by atoms with Crippen LogP contribution in [-0.4, -0.2) is 24.5 Å². The molecular formula is C28H29NO5S. The standard InChI is InChI=1S/C28H29NO5S/c1-4-33-28(32)23-21-15-12-18(3)16-22(21)35-26(23)29-25(30)24(19-8-6-5-7-9-19)34-27(31)20-13-10-17(2)11-14-20/h5-11,13-14,18,24H,4,12,15-16H2,1-3H3,(H,29,30)/t18-,24-/m1/s1. The topological polar surface area (TPSA) is 81.7 Å². The zero-order valence-corrected chi connectivity index (χ0v) is 20.9. The largest absolute Gasteiger partial charge is 0.462 e. The van der Waals surface area contributed by atoms with Crippen molar-refractivity contribution >= 4 is 34.2 Å². The molecule has 0 saturated heterocycles. The molecule has 0 bridgehead atoms. The first-order valence-electron chi connectivity index (χ1n) is 11.8. The molecule has 1 aliphatic carbocycles. The molecule has 1 aliphatic rings. The minimum Gasteiger partial charge on any atom is -0.462 e. The number of carbonyl (C=O) groups excluding carboxylic acids is 3. The third-order valence-electron chi connectivity index (χ3n) is 6.08. The number of anilines is 1. The summed E-state index contributed by atoms with van der Waals surface area (Å²) in [5.74, 6) is -1.05. The zero-order chi connectivity index (χ0) is 24.9. The van der Waals surface area contributed by atoms with E-state index in [4.69, 9.17) is 9.47 Å². The zero-order valence-electron chi connectivity index (χ0n) is 20.1. The summed E-state index contributed by atoms with van der Waals surface area (Å²) in [4.78, 5) is 40.3. The third-order valence-corrected chi connectivity index (χ3v) is 7.25. The predicted octanol–water partition coefficient (Wildman–Crippen LogP) is 5.89. The summed E-state index contributed by atoms with van der Waals surface area (Å²) in [6.45, 7) is 6.11. The van der Waals surface area contributed by atoms with Gasteiger partial charge in [-0.25, -0.2) is 9.59 Å². The molecule has 0 spiro atoms. The molecule has 1 heterocycles. The molecular weight excluding hydrogens is 462 g/mol. The third kappa shape index (κ3) is 5.62. The minimum absolute atomic E-state index is 0.244. The van der Waals surface area contributed by atoms with Crippen molar-refractivity contribution in [1.29, 1.82) is 0 Å². The van der Waals surface area contributed by atoms with Crippen molar-refractivity contribution in [2.75, 3.05) is 11.9 Å². The number of benzene rings is 2. The molecule has 2 atom stereocenters. The molecule has 0 unspecified atom stereocenters. The molecule has 7 heteroatoms. The lowest BCUT2D eigenvalue weighted by Crippen LogP contribution is -2.26. The van der Waals surface area contributed by atoms with Crippen LogP contribution in [0.1, 0.15) is 68.7 Å². The fourth-order valence-electron chi connectivity index (χ4n) is 4.20. The SMILES string of the molecule is CCOC(=O)c1c(NC(=O)[C@H](OC(=O)c2ccc(C)cc2)c2ccccc2)sc2c1CC[C@@H](C)C2. The van der Waals surface area contributed by atoms with E-state index >= 15 is 0 Å². The number of aryl methyl sites for hydroxylation is 1. The molecule has 0 aliphatic heterocycles. The number of amides is 1. The molecule has 3 aromatic rings. The second kappa shape index (κ2) is 10.9. The Labute approximate surface area is 209 Å². The van der Waals surface area contributed by atoms with Crippen LogP contribution in [0.2, 0.25) is 0 Å². The van der Waals surface area contributed by atoms with Crippen molar-refractivity contribution in [1.82, 2.24) is 0 Å². The fourth-order valence-corrected chi connectivity index (χ4v) is 5.60. The number of hydrogen-bond acceptors (Lipinski definition) is 6. The molecule has 1 aromatic heterocycles. The van der Waals surface area contributed by atoms with Crippen LogP contribution in [0.5, 0.6) is 0 Å². The summed E-state index contributed by atoms with van der Waals surface area (Å²) < 4.78 is 11.0. The Morgan fingerprint density at radius 3 is 2.46 bits per heavy atom. The Balaban J connectivity index is 1.64. The van der Waals surface area contributed by atoms with Crippen LogP contribution >= 0.6 is 11.3 Å². The number of ether oxygens (including phenoxy) is 2. The highest BCUT2D eigenvalue weighted by Crippen LogP contribution is 2.40. The van der Waals surface area contributed by atoms with Gasteiger partial charge in [-0.3, -0.25) is 4.79 Å². The van der Waals surface area contributed by atoms with Crippen LogP contribution in [0.3, 0.4) is 0 Å². The molecule has 1 amide bonds. The van der Waals surface area contributed by atoms with Crippen LogP contribution in [0.15, 0.2) is 54.6 Å². The van der Waals surface area contributed by atoms with Crippen LogP contribution in [0.4, 0.5) is 5.00 Å². The predicted molar refractivity (Wildman–Crippen MR) is 136 cm³/mol. The van der Waals surface area contributed by atoms with E-state index in [1.165, 1.54) is 11.3 Å². The Bertz CT molecular complexity index is 1220. The Kier molecular flexibility index (Phi) is 7.66. The van der Waals surface area contributed by atoms with Gasteiger partial charge in [0.1, 0.15) is 5.00 Å². The number of nitrogens with one attached hydrogen (secondary N) is 1. The lowest BCUT2D eigenvalue weighted by atomic mass is 9.88. The van der Waals surface area contributed by atoms with Gasteiger partial charge in [-0.1, -0.05) is 55.0 Å². The summed E-state index contributed by atoms with van der Waals surface area (Å²) in [5.41, 5.74) is 3.29. The van der Waals surface area contributed by atoms with Crippen molar-refractivity contribution in [3.8, 4) is 0 Å². The Morgan fingerprint density at radius 1 is 1.06 bits per heavy atom. The first kappa shape index (κ1) is 24.7. The molecule has 0 radical (unpaired) electrons. The van der Waals surface area contributed by atoms with Crippen LogP contribution < -0.4 is 5.32 Å². The highest BCUT2D eigenvalue weighted by Gasteiger charge is 2.32. The molecule has 0 fully saturated rings. The molecule has 182 valence electrons. The molecule has 6 nitrogen and oxygen atoms in total. The van der Waals surface area contributed by atoms with Gasteiger partial charge in [-0.05, 0) is 56.7 Å². The summed E-state index contributed by atoms with van der Waals surface area (Å²) in [6.07, 6.45) is 1.41. The van der Waals surface area contributed by atoms with Crippen molar-refractivity contribution in [2.45, 2.75) is 46.1 Å². The summed E-state index contributed by atoms with van der Waals surface area (Å²) in [5, 5.41) is 3.33. The molecule has 4 rings (SSSR count). The van der Waals surface area contributed by atoms with Crippen molar-refractivity contribution in [3.05, 3.63) is 87.3 Å². The maximum Gasteiger partial charge on any atom is 0.341 e. The average Bonchev–Trinajstić information content (AvgIpc) is 3.20. The minimum atomic E-state index is -1.18. The average molecular weight is 492 g/mol. The van der Waals surface area contributed by atoms with Gasteiger partial charge in [-0.15, -0.1) is 11.3 Å². The number of rotatable bonds is 7. The van der Waals surface area contributed by atoms with E-state index in [0.29, 0.717) is 27.6 Å². The van der Waals surface area contributed by atoms with Crippen LogP contribution in [-0.2, 0) is 27.1 Å². The van der Waals surface area contributed by atoms with Gasteiger partial charge in [0.15, 0.2) is 0 Å². The highest BCUT2D eigenvalue weighted by molar-refractivity contribution is 7.17. The molecule has 35 heavy (non-hydrogen) atoms. The van der Waals surface area contributed by atoms with E-state index < -0.39 is 23.9 Å². The fraction of sp³-hybridized carbons (Fsp3) is 0.321. The number of hydrogen-bond donors (Lipinski definition) is 1. The highest BCUT2D eigenvalue weighted by atomic mass is 32.1. The van der Waals surface area contributed by atoms with Crippen LogP contribution in [0, 0.1) is 12.8 Å². The van der Waals surface area contributed by atoms with Gasteiger partial charge >= 0.3 is 11.9 Å². The van der Waals surface area contributed by atoms with Crippen molar-refractivity contribution < 1.29 is 23.9 Å². The maximum atomic E-state index is 13.5. The second-order valence-corrected chi connectivity index (χ2v) is 9.93. The lowest BCUT2D eigenvalue weighted by molar-refractivity contribution is -0.125. The first-order chi connectivity index (χ1) is 16.9. The van der Waals surface area contributed by atoms with E-state index in [0.717, 1.165) is 35.3 Å². The normalized spacial score (nSPS) is 15.6. The summed E-state index contributed by atoms with van der Waals surface area (Å²) in [7, 11) is 0. The number of carbonyl (C=O) groups is 3. The van der Waals surface area contributed by atoms with E-state index in [1.54, 1.807) is 43.3 Å². The smallest absolute Gasteiger partial charge is 0.341 e. The maximum absolute atomic E-state index is 13.5. The first-order valence-corrected chi connectivity index (χ1v) is 12.6. The second-order valence-electron chi connectivity index (χ2n) is 8.83. The van der Waals surface area contributed by atoms with Gasteiger partial charge in [0.2, 0.25) is 6.10 Å². The molecule has 2 aromatic carbocycles. The number of esters is 2. The Morgan fingerprint density at radius 2 is 1.77 bits per heavy atom. The number of fused-ring (bicyclic) bond motifs is 1. The van der Waals surface area contributed by atoms with Gasteiger partial charge in [0.25, 0.3) is 5.91 Å². The lowest BCUT2D eigenvalue weighted by Gasteiger charge is -2.19. The monoisotopic (exact) mass is 491 g/mol. The summed E-state index contributed by atoms with van der Waals surface area (Å²) in [6, 6.07) is 15.8. The number of thiophene rings is 1. The quantitative estimate of drug-likeness (QED) is 0.417. The van der Waals surface area contributed by atoms with E-state index in [2.05, 4.69) is 12.2 Å². The van der Waals surface area contributed by atoms with Gasteiger partial charge in [-0.2, -0.15) is 0 Å². The van der Waals surface area contributed by atoms with Crippen molar-refractivity contribution in [2.24, 2.45) is 5.92 Å². The Hall–Kier alpha value is -3.45. The van der Waals surface area contributed by atoms with Gasteiger partial charge in [0.05, 0.1) is 17.7 Å². The summed E-state index contributed by atoms with van der Waals surface area (Å²) >= 11 is 1.40. The van der Waals surface area contributed by atoms with Gasteiger partial charge in [0, 0.05) is 10.4 Å². The van der Waals surface area contributed by atoms with E-state index in [9.17, 15) is 14.4 Å². The van der Waals surface area contributed by atoms with E-state index in [-0.39, 0.29) is 6.61 Å². The van der Waals surface area contributed by atoms with E-state index in [1.807, 2.05) is 25.1 Å². The van der Waals surface area contributed by atoms with Crippen LogP contribution in [0.25, 0.3) is 0 Å². The molecule has 0 saturated carbocycles. The van der Waals surface area contributed by atoms with Crippen molar-refractivity contribution in [3.63, 3.8) is 0 Å².